The summed E-state index contributed by atoms with van der Waals surface area (Å²) in [7, 11) is 3.34. The maximum absolute atomic E-state index is 6.10. The average molecular weight is 326 g/mol. The highest BCUT2D eigenvalue weighted by atomic mass is 16.7. The van der Waals surface area contributed by atoms with Crippen LogP contribution in [0.4, 0.5) is 11.4 Å². The van der Waals surface area contributed by atoms with E-state index < -0.39 is 6.29 Å². The van der Waals surface area contributed by atoms with Crippen molar-refractivity contribution in [2.75, 3.05) is 31.4 Å². The molecule has 24 heavy (non-hydrogen) atoms. The molecule has 0 spiro atoms. The van der Waals surface area contributed by atoms with Crippen molar-refractivity contribution in [2.45, 2.75) is 25.7 Å². The van der Waals surface area contributed by atoms with Gasteiger partial charge in [0.15, 0.2) is 0 Å². The topological polar surface area (TPSA) is 51.8 Å². The molecule has 1 unspecified atom stereocenters. The Balaban J connectivity index is 1.95. The van der Waals surface area contributed by atoms with Gasteiger partial charge in [-0.2, -0.15) is 0 Å². The highest BCUT2D eigenvalue weighted by Crippen LogP contribution is 2.51. The summed E-state index contributed by atoms with van der Waals surface area (Å²) in [5, 5.41) is 7.13. The molecular weight excluding hydrogens is 304 g/mol. The number of benzene rings is 2. The Morgan fingerprint density at radius 2 is 2.00 bits per heavy atom. The molecular formula is C19H22N2O3. The Hall–Kier alpha value is -2.40. The SMILES string of the molecule is COc1cccc2c1-c1ccc3c(c1C(OC)O2)NCC(C)(C)N3. The quantitative estimate of drug-likeness (QED) is 0.873. The minimum Gasteiger partial charge on any atom is -0.496 e. The largest absolute Gasteiger partial charge is 0.496 e. The Labute approximate surface area is 141 Å². The van der Waals surface area contributed by atoms with E-state index in [1.54, 1.807) is 14.2 Å². The summed E-state index contributed by atoms with van der Waals surface area (Å²) in [5.41, 5.74) is 5.15. The van der Waals surface area contributed by atoms with E-state index in [0.717, 1.165) is 46.1 Å². The summed E-state index contributed by atoms with van der Waals surface area (Å²) in [6, 6.07) is 10.0. The van der Waals surface area contributed by atoms with Crippen molar-refractivity contribution in [3.63, 3.8) is 0 Å². The lowest BCUT2D eigenvalue weighted by atomic mass is 9.90. The average Bonchev–Trinajstić information content (AvgIpc) is 2.58. The minimum absolute atomic E-state index is 0.00503. The molecule has 5 nitrogen and oxygen atoms in total. The summed E-state index contributed by atoms with van der Waals surface area (Å²) in [6.07, 6.45) is -0.454. The third-order valence-electron chi connectivity index (χ3n) is 4.59. The van der Waals surface area contributed by atoms with Crippen LogP contribution in [0.2, 0.25) is 0 Å². The maximum atomic E-state index is 6.10. The first-order valence-corrected chi connectivity index (χ1v) is 8.10. The molecule has 2 N–H and O–H groups in total. The number of fused-ring (bicyclic) bond motifs is 5. The van der Waals surface area contributed by atoms with Crippen molar-refractivity contribution in [3.05, 3.63) is 35.9 Å². The van der Waals surface area contributed by atoms with E-state index in [9.17, 15) is 0 Å². The number of rotatable bonds is 2. The Kier molecular flexibility index (Phi) is 3.35. The molecule has 126 valence electrons. The lowest BCUT2D eigenvalue weighted by molar-refractivity contribution is -0.0574. The van der Waals surface area contributed by atoms with Crippen LogP contribution in [0.15, 0.2) is 30.3 Å². The van der Waals surface area contributed by atoms with Crippen LogP contribution >= 0.6 is 0 Å². The zero-order valence-electron chi connectivity index (χ0n) is 14.4. The summed E-state index contributed by atoms with van der Waals surface area (Å²) >= 11 is 0. The lowest BCUT2D eigenvalue weighted by Gasteiger charge is -2.38. The number of hydrogen-bond donors (Lipinski definition) is 2. The van der Waals surface area contributed by atoms with Gasteiger partial charge in [0.2, 0.25) is 6.29 Å². The first-order chi connectivity index (χ1) is 11.5. The number of ether oxygens (including phenoxy) is 3. The van der Waals surface area contributed by atoms with Crippen molar-refractivity contribution >= 4 is 11.4 Å². The van der Waals surface area contributed by atoms with Crippen LogP contribution in [0.25, 0.3) is 11.1 Å². The molecule has 0 fully saturated rings. The van der Waals surface area contributed by atoms with Gasteiger partial charge in [0.25, 0.3) is 0 Å². The van der Waals surface area contributed by atoms with E-state index in [2.05, 4.69) is 36.6 Å². The van der Waals surface area contributed by atoms with Crippen LogP contribution in [-0.4, -0.2) is 26.3 Å². The van der Waals surface area contributed by atoms with E-state index in [-0.39, 0.29) is 5.54 Å². The molecule has 0 amide bonds. The summed E-state index contributed by atoms with van der Waals surface area (Å²) in [4.78, 5) is 0. The van der Waals surface area contributed by atoms with Gasteiger partial charge in [-0.3, -0.25) is 0 Å². The fourth-order valence-corrected chi connectivity index (χ4v) is 3.48. The van der Waals surface area contributed by atoms with E-state index in [0.29, 0.717) is 0 Å². The summed E-state index contributed by atoms with van der Waals surface area (Å²) in [6.45, 7) is 5.17. The standard InChI is InChI=1S/C19H22N2O3/c1-19(2)10-20-17-12(21-19)9-8-11-15-13(22-3)6-5-7-14(15)24-18(23-4)16(11)17/h5-9,18,20-21H,10H2,1-4H3. The molecule has 2 aromatic rings. The molecule has 0 radical (unpaired) electrons. The van der Waals surface area contributed by atoms with E-state index in [1.807, 2.05) is 18.2 Å². The molecule has 2 aliphatic rings. The Morgan fingerprint density at radius 3 is 2.75 bits per heavy atom. The van der Waals surface area contributed by atoms with Crippen LogP contribution in [0.3, 0.4) is 0 Å². The van der Waals surface area contributed by atoms with Gasteiger partial charge in [0, 0.05) is 24.8 Å². The molecule has 0 saturated heterocycles. The molecule has 0 aliphatic carbocycles. The predicted octanol–water partition coefficient (Wildman–Crippen LogP) is 4.02. The van der Waals surface area contributed by atoms with Gasteiger partial charge < -0.3 is 24.8 Å². The van der Waals surface area contributed by atoms with E-state index >= 15 is 0 Å². The zero-order valence-corrected chi connectivity index (χ0v) is 14.4. The second kappa shape index (κ2) is 5.31. The van der Waals surface area contributed by atoms with Gasteiger partial charge in [-0.25, -0.2) is 0 Å². The molecule has 2 aliphatic heterocycles. The number of nitrogens with one attached hydrogen (secondary N) is 2. The number of hydrogen-bond acceptors (Lipinski definition) is 5. The summed E-state index contributed by atoms with van der Waals surface area (Å²) < 4.78 is 17.3. The Morgan fingerprint density at radius 1 is 1.17 bits per heavy atom. The fourth-order valence-electron chi connectivity index (χ4n) is 3.48. The predicted molar refractivity (Wildman–Crippen MR) is 95.0 cm³/mol. The molecule has 0 aromatic heterocycles. The molecule has 0 bridgehead atoms. The third kappa shape index (κ3) is 2.19. The van der Waals surface area contributed by atoms with Crippen molar-refractivity contribution in [1.82, 2.24) is 0 Å². The molecule has 2 aromatic carbocycles. The highest BCUT2D eigenvalue weighted by molar-refractivity contribution is 5.89. The lowest BCUT2D eigenvalue weighted by Crippen LogP contribution is -2.42. The van der Waals surface area contributed by atoms with Gasteiger partial charge in [-0.15, -0.1) is 0 Å². The number of methoxy groups -OCH3 is 2. The van der Waals surface area contributed by atoms with Crippen LogP contribution in [0.5, 0.6) is 11.5 Å². The second-order valence-electron chi connectivity index (χ2n) is 6.83. The second-order valence-corrected chi connectivity index (χ2v) is 6.83. The first kappa shape index (κ1) is 15.1. The highest BCUT2D eigenvalue weighted by Gasteiger charge is 2.35. The number of anilines is 2. The monoisotopic (exact) mass is 326 g/mol. The minimum atomic E-state index is -0.454. The van der Waals surface area contributed by atoms with Crippen LogP contribution in [0.1, 0.15) is 25.7 Å². The maximum Gasteiger partial charge on any atom is 0.229 e. The van der Waals surface area contributed by atoms with Crippen LogP contribution < -0.4 is 20.1 Å². The molecule has 5 heteroatoms. The fraction of sp³-hybridized carbons (Fsp3) is 0.368. The van der Waals surface area contributed by atoms with Gasteiger partial charge >= 0.3 is 0 Å². The zero-order chi connectivity index (χ0) is 16.9. The van der Waals surface area contributed by atoms with Crippen LogP contribution in [-0.2, 0) is 4.74 Å². The molecule has 0 saturated carbocycles. The van der Waals surface area contributed by atoms with Gasteiger partial charge in [-0.05, 0) is 32.0 Å². The Bertz CT molecular complexity index is 801. The van der Waals surface area contributed by atoms with Gasteiger partial charge in [-0.1, -0.05) is 12.1 Å². The molecule has 4 rings (SSSR count). The van der Waals surface area contributed by atoms with Gasteiger partial charge in [0.05, 0.1) is 29.6 Å². The normalized spacial score (nSPS) is 19.8. The van der Waals surface area contributed by atoms with Crippen molar-refractivity contribution in [1.29, 1.82) is 0 Å². The van der Waals surface area contributed by atoms with E-state index in [4.69, 9.17) is 14.2 Å². The first-order valence-electron chi connectivity index (χ1n) is 8.10. The van der Waals surface area contributed by atoms with Crippen molar-refractivity contribution in [2.24, 2.45) is 0 Å². The molecule has 1 atom stereocenters. The van der Waals surface area contributed by atoms with Crippen LogP contribution in [0, 0.1) is 0 Å². The van der Waals surface area contributed by atoms with Crippen molar-refractivity contribution < 1.29 is 14.2 Å². The smallest absolute Gasteiger partial charge is 0.229 e. The van der Waals surface area contributed by atoms with E-state index in [1.165, 1.54) is 0 Å². The van der Waals surface area contributed by atoms with Gasteiger partial charge in [0.1, 0.15) is 11.5 Å². The van der Waals surface area contributed by atoms with Crippen molar-refractivity contribution in [3.8, 4) is 22.6 Å². The third-order valence-corrected chi connectivity index (χ3v) is 4.59. The summed E-state index contributed by atoms with van der Waals surface area (Å²) in [5.74, 6) is 1.57. The molecule has 2 heterocycles.